The van der Waals surface area contributed by atoms with Crippen LogP contribution in [-0.4, -0.2) is 9.97 Å². The van der Waals surface area contributed by atoms with Crippen LogP contribution in [0.15, 0.2) is 121 Å². The van der Waals surface area contributed by atoms with Gasteiger partial charge in [0.25, 0.3) is 0 Å². The summed E-state index contributed by atoms with van der Waals surface area (Å²) in [7, 11) is 0. The lowest BCUT2D eigenvalue weighted by molar-refractivity contribution is 0.618. The molecule has 2 heterocycles. The van der Waals surface area contributed by atoms with E-state index in [2.05, 4.69) is 117 Å². The summed E-state index contributed by atoms with van der Waals surface area (Å²) in [6.07, 6.45) is 0. The van der Waals surface area contributed by atoms with Gasteiger partial charge in [-0.25, -0.2) is 4.98 Å². The highest BCUT2D eigenvalue weighted by atomic mass is 14.7. The molecule has 33 heavy (non-hydrogen) atoms. The van der Waals surface area contributed by atoms with Crippen molar-refractivity contribution in [2.24, 2.45) is 0 Å². The van der Waals surface area contributed by atoms with Gasteiger partial charge in [0, 0.05) is 22.1 Å². The Balaban J connectivity index is 1.58. The highest BCUT2D eigenvalue weighted by Gasteiger charge is 2.25. The predicted octanol–water partition coefficient (Wildman–Crippen LogP) is 7.80. The molecule has 0 aliphatic rings. The maximum Gasteiger partial charge on any atom is 0.0716 e. The highest BCUT2D eigenvalue weighted by molar-refractivity contribution is 5.81. The molecule has 0 unspecified atom stereocenters. The second kappa shape index (κ2) is 8.84. The van der Waals surface area contributed by atoms with Crippen molar-refractivity contribution in [2.45, 2.75) is 19.3 Å². The Morgan fingerprint density at radius 3 is 1.64 bits per heavy atom. The van der Waals surface area contributed by atoms with Crippen LogP contribution in [0.5, 0.6) is 0 Å². The van der Waals surface area contributed by atoms with E-state index in [1.54, 1.807) is 0 Å². The molecule has 0 fully saturated rings. The number of nitrogens with zero attached hydrogens (tertiary/aromatic N) is 2. The average molecular weight is 427 g/mol. The largest absolute Gasteiger partial charge is 0.252 e. The number of hydrogen-bond donors (Lipinski definition) is 0. The number of aromatic nitrogens is 2. The third kappa shape index (κ3) is 4.20. The van der Waals surface area contributed by atoms with E-state index in [0.29, 0.717) is 0 Å². The van der Waals surface area contributed by atoms with Crippen LogP contribution in [0.2, 0.25) is 0 Å². The van der Waals surface area contributed by atoms with Crippen molar-refractivity contribution in [3.8, 4) is 33.8 Å². The molecule has 2 aromatic heterocycles. The van der Waals surface area contributed by atoms with Gasteiger partial charge in [-0.3, -0.25) is 4.98 Å². The number of hydrogen-bond acceptors (Lipinski definition) is 2. The maximum atomic E-state index is 5.13. The molecular formula is C31H26N2. The van der Waals surface area contributed by atoms with E-state index >= 15 is 0 Å². The van der Waals surface area contributed by atoms with E-state index in [4.69, 9.17) is 9.97 Å². The summed E-state index contributed by atoms with van der Waals surface area (Å²) in [6, 6.07) is 41.8. The van der Waals surface area contributed by atoms with E-state index in [1.807, 2.05) is 18.2 Å². The van der Waals surface area contributed by atoms with Crippen LogP contribution in [0.25, 0.3) is 33.8 Å². The molecule has 2 heteroatoms. The Hall–Kier alpha value is -4.04. The molecule has 0 amide bonds. The Morgan fingerprint density at radius 1 is 0.455 bits per heavy atom. The normalized spacial score (nSPS) is 11.3. The Morgan fingerprint density at radius 2 is 0.970 bits per heavy atom. The minimum atomic E-state index is -0.197. The van der Waals surface area contributed by atoms with E-state index < -0.39 is 0 Å². The van der Waals surface area contributed by atoms with E-state index in [0.717, 1.165) is 39.5 Å². The van der Waals surface area contributed by atoms with Gasteiger partial charge in [-0.05, 0) is 29.8 Å². The van der Waals surface area contributed by atoms with Crippen LogP contribution in [0, 0.1) is 0 Å². The Bertz CT molecular complexity index is 1370. The minimum absolute atomic E-state index is 0.197. The average Bonchev–Trinajstić information content (AvgIpc) is 2.90. The van der Waals surface area contributed by atoms with Gasteiger partial charge in [0.05, 0.1) is 22.8 Å². The summed E-state index contributed by atoms with van der Waals surface area (Å²) < 4.78 is 0. The van der Waals surface area contributed by atoms with Gasteiger partial charge in [0.1, 0.15) is 0 Å². The smallest absolute Gasteiger partial charge is 0.0716 e. The molecule has 0 radical (unpaired) electrons. The van der Waals surface area contributed by atoms with Crippen LogP contribution in [0.1, 0.15) is 25.1 Å². The van der Waals surface area contributed by atoms with Gasteiger partial charge in [-0.1, -0.05) is 111 Å². The zero-order valence-corrected chi connectivity index (χ0v) is 18.9. The van der Waals surface area contributed by atoms with Crippen LogP contribution < -0.4 is 0 Å². The van der Waals surface area contributed by atoms with Gasteiger partial charge < -0.3 is 0 Å². The molecule has 0 atom stereocenters. The zero-order chi connectivity index (χ0) is 22.7. The number of pyridine rings is 2. The van der Waals surface area contributed by atoms with Crippen LogP contribution in [0.3, 0.4) is 0 Å². The molecule has 160 valence electrons. The number of rotatable bonds is 5. The first-order valence-corrected chi connectivity index (χ1v) is 11.3. The highest BCUT2D eigenvalue weighted by Crippen LogP contribution is 2.34. The molecule has 0 aliphatic heterocycles. The van der Waals surface area contributed by atoms with Crippen molar-refractivity contribution in [1.29, 1.82) is 0 Å². The van der Waals surface area contributed by atoms with E-state index in [9.17, 15) is 0 Å². The zero-order valence-electron chi connectivity index (χ0n) is 18.9. The third-order valence-electron chi connectivity index (χ3n) is 6.18. The molecule has 0 spiro atoms. The first-order chi connectivity index (χ1) is 16.1. The Kier molecular flexibility index (Phi) is 5.58. The fraction of sp³-hybridized carbons (Fsp3) is 0.0968. The SMILES string of the molecule is CC(C)(c1ccccc1)c1cccc(-c2ccccc2-c2cccc(-c3ccccc3)n2)n1. The fourth-order valence-electron chi connectivity index (χ4n) is 4.22. The van der Waals surface area contributed by atoms with E-state index in [-0.39, 0.29) is 5.41 Å². The second-order valence-corrected chi connectivity index (χ2v) is 8.72. The summed E-state index contributed by atoms with van der Waals surface area (Å²) in [5.41, 5.74) is 8.25. The van der Waals surface area contributed by atoms with Crippen molar-refractivity contribution in [2.75, 3.05) is 0 Å². The molecule has 3 aromatic carbocycles. The molecule has 5 rings (SSSR count). The van der Waals surface area contributed by atoms with Crippen LogP contribution in [0.4, 0.5) is 0 Å². The quantitative estimate of drug-likeness (QED) is 0.286. The third-order valence-corrected chi connectivity index (χ3v) is 6.18. The molecular weight excluding hydrogens is 400 g/mol. The monoisotopic (exact) mass is 426 g/mol. The predicted molar refractivity (Wildman–Crippen MR) is 137 cm³/mol. The molecule has 0 saturated heterocycles. The first-order valence-electron chi connectivity index (χ1n) is 11.3. The van der Waals surface area contributed by atoms with Crippen molar-refractivity contribution < 1.29 is 0 Å². The van der Waals surface area contributed by atoms with Crippen molar-refractivity contribution >= 4 is 0 Å². The summed E-state index contributed by atoms with van der Waals surface area (Å²) in [5, 5.41) is 0. The summed E-state index contributed by atoms with van der Waals surface area (Å²) in [6.45, 7) is 4.45. The molecule has 0 saturated carbocycles. The van der Waals surface area contributed by atoms with E-state index in [1.165, 1.54) is 5.56 Å². The summed E-state index contributed by atoms with van der Waals surface area (Å²) in [4.78, 5) is 10.1. The molecule has 5 aromatic rings. The molecule has 0 bridgehead atoms. The topological polar surface area (TPSA) is 25.8 Å². The summed E-state index contributed by atoms with van der Waals surface area (Å²) in [5.74, 6) is 0. The lowest BCUT2D eigenvalue weighted by atomic mass is 9.81. The number of benzene rings is 3. The Labute approximate surface area is 195 Å². The van der Waals surface area contributed by atoms with Gasteiger partial charge in [0.2, 0.25) is 0 Å². The van der Waals surface area contributed by atoms with Crippen LogP contribution in [-0.2, 0) is 5.41 Å². The van der Waals surface area contributed by atoms with Crippen LogP contribution >= 0.6 is 0 Å². The first kappa shape index (κ1) is 20.8. The van der Waals surface area contributed by atoms with Crippen molar-refractivity contribution in [3.05, 3.63) is 133 Å². The standard InChI is InChI=1S/C31H26N2/c1-31(2,24-15-7-4-8-16-24)30-22-12-21-29(33-30)26-18-10-9-17-25(26)28-20-11-19-27(32-28)23-13-5-3-6-14-23/h3-22H,1-2H3. The van der Waals surface area contributed by atoms with Gasteiger partial charge >= 0.3 is 0 Å². The molecule has 0 aliphatic carbocycles. The minimum Gasteiger partial charge on any atom is -0.252 e. The maximum absolute atomic E-state index is 5.13. The van der Waals surface area contributed by atoms with Gasteiger partial charge in [-0.15, -0.1) is 0 Å². The van der Waals surface area contributed by atoms with Crippen molar-refractivity contribution in [3.63, 3.8) is 0 Å². The molecule has 0 N–H and O–H groups in total. The fourth-order valence-corrected chi connectivity index (χ4v) is 4.22. The lowest BCUT2D eigenvalue weighted by Crippen LogP contribution is -2.20. The summed E-state index contributed by atoms with van der Waals surface area (Å²) >= 11 is 0. The lowest BCUT2D eigenvalue weighted by Gasteiger charge is -2.25. The second-order valence-electron chi connectivity index (χ2n) is 8.72. The molecule has 2 nitrogen and oxygen atoms in total. The van der Waals surface area contributed by atoms with Crippen molar-refractivity contribution in [1.82, 2.24) is 9.97 Å². The van der Waals surface area contributed by atoms with Gasteiger partial charge in [-0.2, -0.15) is 0 Å². The van der Waals surface area contributed by atoms with Gasteiger partial charge in [0.15, 0.2) is 0 Å².